The number of anilines is 2. The number of nitrogen functional groups attached to an aromatic ring is 1. The van der Waals surface area contributed by atoms with Crippen molar-refractivity contribution in [2.24, 2.45) is 0 Å². The molecule has 118 valence electrons. The number of rotatable bonds is 2. The van der Waals surface area contributed by atoms with Gasteiger partial charge in [0.05, 0.1) is 30.8 Å². The normalized spacial score (nSPS) is 15.3. The average Bonchev–Trinajstić information content (AvgIpc) is 3.05. The third-order valence-electron chi connectivity index (χ3n) is 4.24. The van der Waals surface area contributed by atoms with Crippen LogP contribution in [0.5, 0.6) is 0 Å². The Hall–Kier alpha value is -2.60. The fourth-order valence-electron chi connectivity index (χ4n) is 2.98. The van der Waals surface area contributed by atoms with Crippen molar-refractivity contribution >= 4 is 22.5 Å². The molecule has 1 aromatic carbocycles. The SMILES string of the molecule is Cc1ccc(N)cc1-c1cc2[nH]cnc2c(N2CCOCC2)n1. The van der Waals surface area contributed by atoms with Gasteiger partial charge in [0.2, 0.25) is 0 Å². The molecule has 1 aliphatic rings. The predicted octanol–water partition coefficient (Wildman–Crippen LogP) is 2.35. The first kappa shape index (κ1) is 14.0. The molecule has 1 aliphatic heterocycles. The van der Waals surface area contributed by atoms with Gasteiger partial charge in [0.25, 0.3) is 0 Å². The minimum Gasteiger partial charge on any atom is -0.399 e. The maximum absolute atomic E-state index is 5.96. The van der Waals surface area contributed by atoms with Gasteiger partial charge < -0.3 is 20.4 Å². The Morgan fingerprint density at radius 1 is 1.22 bits per heavy atom. The van der Waals surface area contributed by atoms with Crippen molar-refractivity contribution in [3.05, 3.63) is 36.2 Å². The Morgan fingerprint density at radius 3 is 2.87 bits per heavy atom. The molecule has 1 saturated heterocycles. The van der Waals surface area contributed by atoms with Crippen LogP contribution in [0.4, 0.5) is 11.5 Å². The third-order valence-corrected chi connectivity index (χ3v) is 4.24. The van der Waals surface area contributed by atoms with Crippen LogP contribution in [0.2, 0.25) is 0 Å². The molecule has 23 heavy (non-hydrogen) atoms. The Balaban J connectivity index is 1.89. The summed E-state index contributed by atoms with van der Waals surface area (Å²) >= 11 is 0. The molecule has 0 amide bonds. The Morgan fingerprint density at radius 2 is 2.04 bits per heavy atom. The molecule has 0 bridgehead atoms. The number of fused-ring (bicyclic) bond motifs is 1. The first-order chi connectivity index (χ1) is 11.2. The van der Waals surface area contributed by atoms with Gasteiger partial charge in [0.1, 0.15) is 5.52 Å². The first-order valence-electron chi connectivity index (χ1n) is 7.76. The number of nitrogens with two attached hydrogens (primary N) is 1. The number of aryl methyl sites for hydroxylation is 1. The number of aromatic amines is 1. The molecule has 0 saturated carbocycles. The van der Waals surface area contributed by atoms with Crippen molar-refractivity contribution in [2.75, 3.05) is 36.9 Å². The highest BCUT2D eigenvalue weighted by molar-refractivity contribution is 5.90. The summed E-state index contributed by atoms with van der Waals surface area (Å²) in [6.45, 7) is 5.16. The fourth-order valence-corrected chi connectivity index (χ4v) is 2.98. The van der Waals surface area contributed by atoms with E-state index < -0.39 is 0 Å². The van der Waals surface area contributed by atoms with Crippen LogP contribution >= 0.6 is 0 Å². The zero-order valence-corrected chi connectivity index (χ0v) is 13.0. The number of hydrogen-bond donors (Lipinski definition) is 2. The van der Waals surface area contributed by atoms with Crippen molar-refractivity contribution in [1.29, 1.82) is 0 Å². The highest BCUT2D eigenvalue weighted by Gasteiger charge is 2.19. The van der Waals surface area contributed by atoms with Gasteiger partial charge in [-0.05, 0) is 30.7 Å². The topological polar surface area (TPSA) is 80.1 Å². The zero-order chi connectivity index (χ0) is 15.8. The average molecular weight is 309 g/mol. The van der Waals surface area contributed by atoms with Crippen LogP contribution in [-0.4, -0.2) is 41.3 Å². The number of morpholine rings is 1. The lowest BCUT2D eigenvalue weighted by Gasteiger charge is -2.28. The van der Waals surface area contributed by atoms with Crippen LogP contribution in [0, 0.1) is 6.92 Å². The van der Waals surface area contributed by atoms with Crippen LogP contribution in [0.1, 0.15) is 5.56 Å². The van der Waals surface area contributed by atoms with Crippen LogP contribution in [0.25, 0.3) is 22.3 Å². The molecule has 1 fully saturated rings. The molecule has 0 unspecified atom stereocenters. The maximum atomic E-state index is 5.96. The van der Waals surface area contributed by atoms with Gasteiger partial charge in [0.15, 0.2) is 5.82 Å². The second-order valence-electron chi connectivity index (χ2n) is 5.80. The number of nitrogens with zero attached hydrogens (tertiary/aromatic N) is 3. The number of H-pyrrole nitrogens is 1. The molecule has 3 N–H and O–H groups in total. The fraction of sp³-hybridized carbons (Fsp3) is 0.294. The molecular weight excluding hydrogens is 290 g/mol. The molecule has 6 heteroatoms. The Bertz CT molecular complexity index is 851. The van der Waals surface area contributed by atoms with Crippen LogP contribution in [0.3, 0.4) is 0 Å². The molecule has 3 aromatic rings. The zero-order valence-electron chi connectivity index (χ0n) is 13.0. The summed E-state index contributed by atoms with van der Waals surface area (Å²) in [5.74, 6) is 0.906. The van der Waals surface area contributed by atoms with Gasteiger partial charge in [-0.3, -0.25) is 0 Å². The second-order valence-corrected chi connectivity index (χ2v) is 5.80. The van der Waals surface area contributed by atoms with Crippen molar-refractivity contribution in [1.82, 2.24) is 15.0 Å². The van der Waals surface area contributed by atoms with Crippen LogP contribution < -0.4 is 10.6 Å². The van der Waals surface area contributed by atoms with Gasteiger partial charge in [-0.25, -0.2) is 9.97 Å². The van der Waals surface area contributed by atoms with Crippen LogP contribution in [0.15, 0.2) is 30.6 Å². The number of hydrogen-bond acceptors (Lipinski definition) is 5. The lowest BCUT2D eigenvalue weighted by molar-refractivity contribution is 0.122. The lowest BCUT2D eigenvalue weighted by atomic mass is 10.0. The maximum Gasteiger partial charge on any atom is 0.157 e. The molecule has 6 nitrogen and oxygen atoms in total. The number of ether oxygens (including phenoxy) is 1. The smallest absolute Gasteiger partial charge is 0.157 e. The monoisotopic (exact) mass is 309 g/mol. The minimum absolute atomic E-state index is 0.717. The Kier molecular flexibility index (Phi) is 3.38. The van der Waals surface area contributed by atoms with Gasteiger partial charge in [-0.15, -0.1) is 0 Å². The first-order valence-corrected chi connectivity index (χ1v) is 7.76. The van der Waals surface area contributed by atoms with Crippen LogP contribution in [-0.2, 0) is 4.74 Å². The molecule has 3 heterocycles. The molecule has 2 aromatic heterocycles. The number of imidazole rings is 1. The van der Waals surface area contributed by atoms with Gasteiger partial charge in [0, 0.05) is 24.3 Å². The predicted molar refractivity (Wildman–Crippen MR) is 91.5 cm³/mol. The molecule has 0 spiro atoms. The summed E-state index contributed by atoms with van der Waals surface area (Å²) in [6.07, 6.45) is 1.71. The summed E-state index contributed by atoms with van der Waals surface area (Å²) in [5, 5.41) is 0. The van der Waals surface area contributed by atoms with E-state index >= 15 is 0 Å². The summed E-state index contributed by atoms with van der Waals surface area (Å²) in [4.78, 5) is 14.8. The molecule has 0 radical (unpaired) electrons. The summed E-state index contributed by atoms with van der Waals surface area (Å²) < 4.78 is 5.45. The minimum atomic E-state index is 0.717. The van der Waals surface area contributed by atoms with E-state index in [-0.39, 0.29) is 0 Å². The van der Waals surface area contributed by atoms with Crippen molar-refractivity contribution in [2.45, 2.75) is 6.92 Å². The van der Waals surface area contributed by atoms with Crippen molar-refractivity contribution < 1.29 is 4.74 Å². The number of nitrogens with one attached hydrogen (secondary N) is 1. The molecular formula is C17H19N5O. The van der Waals surface area contributed by atoms with E-state index in [0.717, 1.165) is 65.7 Å². The van der Waals surface area contributed by atoms with E-state index in [1.165, 1.54) is 0 Å². The third kappa shape index (κ3) is 2.51. The lowest BCUT2D eigenvalue weighted by Crippen LogP contribution is -2.37. The summed E-state index contributed by atoms with van der Waals surface area (Å²) in [5.41, 5.74) is 11.7. The Labute approximate surface area is 134 Å². The van der Waals surface area contributed by atoms with E-state index in [4.69, 9.17) is 15.5 Å². The van der Waals surface area contributed by atoms with Gasteiger partial charge in [-0.2, -0.15) is 0 Å². The molecule has 4 rings (SSSR count). The number of benzene rings is 1. The molecule has 0 atom stereocenters. The molecule has 0 aliphatic carbocycles. The standard InChI is InChI=1S/C17H19N5O/c1-11-2-3-12(18)8-13(11)14-9-15-16(20-10-19-15)17(21-14)22-4-6-23-7-5-22/h2-3,8-10H,4-7,18H2,1H3,(H,19,20). The highest BCUT2D eigenvalue weighted by Crippen LogP contribution is 2.31. The summed E-state index contributed by atoms with van der Waals surface area (Å²) in [6, 6.07) is 7.95. The van der Waals surface area contributed by atoms with Gasteiger partial charge >= 0.3 is 0 Å². The number of aromatic nitrogens is 3. The van der Waals surface area contributed by atoms with Crippen molar-refractivity contribution in [3.8, 4) is 11.3 Å². The van der Waals surface area contributed by atoms with E-state index in [9.17, 15) is 0 Å². The van der Waals surface area contributed by atoms with E-state index in [1.54, 1.807) is 6.33 Å². The van der Waals surface area contributed by atoms with E-state index in [1.807, 2.05) is 24.3 Å². The number of pyridine rings is 1. The van der Waals surface area contributed by atoms with Gasteiger partial charge in [-0.1, -0.05) is 6.07 Å². The second kappa shape index (κ2) is 5.55. The summed E-state index contributed by atoms with van der Waals surface area (Å²) in [7, 11) is 0. The van der Waals surface area contributed by atoms with E-state index in [0.29, 0.717) is 0 Å². The largest absolute Gasteiger partial charge is 0.399 e. The van der Waals surface area contributed by atoms with E-state index in [2.05, 4.69) is 21.8 Å². The highest BCUT2D eigenvalue weighted by atomic mass is 16.5. The quantitative estimate of drug-likeness (QED) is 0.710. The van der Waals surface area contributed by atoms with Crippen molar-refractivity contribution in [3.63, 3.8) is 0 Å².